The molecule has 1 N–H and O–H groups in total. The number of para-hydroxylation sites is 1. The van der Waals surface area contributed by atoms with E-state index >= 15 is 0 Å². The molecule has 0 saturated carbocycles. The Morgan fingerprint density at radius 1 is 1.00 bits per heavy atom. The third kappa shape index (κ3) is 4.14. The molecule has 29 heavy (non-hydrogen) atoms. The van der Waals surface area contributed by atoms with Gasteiger partial charge in [0.25, 0.3) is 5.91 Å². The van der Waals surface area contributed by atoms with Crippen molar-refractivity contribution >= 4 is 23.1 Å². The van der Waals surface area contributed by atoms with Gasteiger partial charge >= 0.3 is 0 Å². The van der Waals surface area contributed by atoms with Gasteiger partial charge in [0, 0.05) is 17.9 Å². The molecule has 0 spiro atoms. The molecule has 2 aromatic carbocycles. The highest BCUT2D eigenvalue weighted by atomic mass is 16.2. The molecule has 0 bridgehead atoms. The predicted molar refractivity (Wildman–Crippen MR) is 117 cm³/mol. The Bertz CT molecular complexity index is 1000. The number of benzene rings is 2. The van der Waals surface area contributed by atoms with E-state index < -0.39 is 0 Å². The number of rotatable bonds is 3. The number of aryl methyl sites for hydroxylation is 1. The Labute approximate surface area is 171 Å². The summed E-state index contributed by atoms with van der Waals surface area (Å²) < 4.78 is 0. The van der Waals surface area contributed by atoms with Crippen LogP contribution in [-0.4, -0.2) is 22.4 Å². The largest absolute Gasteiger partial charge is 0.339 e. The number of carbonyl (C=O) groups excluding carboxylic acids is 1. The van der Waals surface area contributed by atoms with Gasteiger partial charge in [0.15, 0.2) is 0 Å². The number of carbonyl (C=O) groups is 1. The summed E-state index contributed by atoms with van der Waals surface area (Å²) in [5, 5.41) is 3.25. The van der Waals surface area contributed by atoms with E-state index in [1.54, 1.807) is 17.3 Å². The minimum absolute atomic E-state index is 0.106. The van der Waals surface area contributed by atoms with Crippen molar-refractivity contribution in [3.63, 3.8) is 0 Å². The van der Waals surface area contributed by atoms with Gasteiger partial charge in [-0.15, -0.1) is 0 Å². The number of hydrogen-bond donors (Lipinski definition) is 1. The molecule has 0 saturated heterocycles. The lowest BCUT2D eigenvalue weighted by molar-refractivity contribution is 0.0980. The van der Waals surface area contributed by atoms with Gasteiger partial charge in [0.1, 0.15) is 11.5 Å². The zero-order valence-corrected chi connectivity index (χ0v) is 17.1. The Morgan fingerprint density at radius 2 is 1.76 bits per heavy atom. The topological polar surface area (TPSA) is 58.1 Å². The maximum Gasteiger partial charge on any atom is 0.278 e. The van der Waals surface area contributed by atoms with Gasteiger partial charge in [-0.05, 0) is 47.6 Å². The summed E-state index contributed by atoms with van der Waals surface area (Å²) in [7, 11) is 0. The second kappa shape index (κ2) is 7.66. The van der Waals surface area contributed by atoms with Gasteiger partial charge in [-0.2, -0.15) is 0 Å². The second-order valence-corrected chi connectivity index (χ2v) is 8.43. The lowest BCUT2D eigenvalue weighted by atomic mass is 9.87. The molecule has 0 fully saturated rings. The normalized spacial score (nSPS) is 13.7. The van der Waals surface area contributed by atoms with E-state index in [9.17, 15) is 4.79 Å². The molecule has 1 aliphatic heterocycles. The highest BCUT2D eigenvalue weighted by Gasteiger charge is 2.24. The van der Waals surface area contributed by atoms with E-state index in [0.29, 0.717) is 18.1 Å². The first-order chi connectivity index (χ1) is 13.9. The van der Waals surface area contributed by atoms with Crippen molar-refractivity contribution in [2.45, 2.75) is 39.0 Å². The lowest BCUT2D eigenvalue weighted by Crippen LogP contribution is -2.36. The molecule has 0 unspecified atom stereocenters. The average Bonchev–Trinajstić information content (AvgIpc) is 2.73. The summed E-state index contributed by atoms with van der Waals surface area (Å²) in [5.74, 6) is 0.509. The van der Waals surface area contributed by atoms with Gasteiger partial charge in [-0.25, -0.2) is 9.97 Å². The molecule has 0 radical (unpaired) electrons. The second-order valence-electron chi connectivity index (χ2n) is 8.43. The maximum absolute atomic E-state index is 13.0. The minimum Gasteiger partial charge on any atom is -0.339 e. The zero-order valence-electron chi connectivity index (χ0n) is 17.1. The maximum atomic E-state index is 13.0. The van der Waals surface area contributed by atoms with Crippen LogP contribution in [0.4, 0.5) is 17.2 Å². The number of anilines is 3. The highest BCUT2D eigenvalue weighted by Crippen LogP contribution is 2.28. The molecule has 5 heteroatoms. The number of fused-ring (bicyclic) bond motifs is 1. The van der Waals surface area contributed by atoms with Gasteiger partial charge < -0.3 is 10.2 Å². The first-order valence-corrected chi connectivity index (χ1v) is 10.0. The van der Waals surface area contributed by atoms with Crippen molar-refractivity contribution < 1.29 is 4.79 Å². The number of hydrogen-bond acceptors (Lipinski definition) is 4. The summed E-state index contributed by atoms with van der Waals surface area (Å²) in [6, 6.07) is 16.4. The van der Waals surface area contributed by atoms with Crippen LogP contribution >= 0.6 is 0 Å². The number of nitrogens with one attached hydrogen (secondary N) is 1. The monoisotopic (exact) mass is 386 g/mol. The quantitative estimate of drug-likeness (QED) is 0.679. The molecule has 1 amide bonds. The van der Waals surface area contributed by atoms with Crippen LogP contribution in [-0.2, 0) is 11.8 Å². The molecule has 5 nitrogen and oxygen atoms in total. The van der Waals surface area contributed by atoms with Crippen molar-refractivity contribution in [2.24, 2.45) is 0 Å². The van der Waals surface area contributed by atoms with Crippen LogP contribution in [0.15, 0.2) is 60.9 Å². The fraction of sp³-hybridized carbons (Fsp3) is 0.292. The minimum atomic E-state index is -0.106. The van der Waals surface area contributed by atoms with Gasteiger partial charge in [-0.3, -0.25) is 4.79 Å². The van der Waals surface area contributed by atoms with Crippen LogP contribution < -0.4 is 10.2 Å². The summed E-state index contributed by atoms with van der Waals surface area (Å²) in [5.41, 5.74) is 4.88. The molecule has 1 aromatic heterocycles. The van der Waals surface area contributed by atoms with Crippen LogP contribution in [0.5, 0.6) is 0 Å². The Hall–Kier alpha value is -3.21. The molecule has 0 aliphatic carbocycles. The molecule has 2 heterocycles. The van der Waals surface area contributed by atoms with Crippen LogP contribution in [0.2, 0.25) is 0 Å². The highest BCUT2D eigenvalue weighted by molar-refractivity contribution is 6.05. The first kappa shape index (κ1) is 19.1. The van der Waals surface area contributed by atoms with Gasteiger partial charge in [-0.1, -0.05) is 51.1 Å². The Kier molecular flexibility index (Phi) is 5.05. The van der Waals surface area contributed by atoms with Crippen LogP contribution in [0.25, 0.3) is 0 Å². The zero-order chi connectivity index (χ0) is 20.4. The number of aromatic nitrogens is 2. The lowest BCUT2D eigenvalue weighted by Gasteiger charge is -2.29. The van der Waals surface area contributed by atoms with Gasteiger partial charge in [0.2, 0.25) is 0 Å². The van der Waals surface area contributed by atoms with Crippen LogP contribution in [0.3, 0.4) is 0 Å². The fourth-order valence-corrected chi connectivity index (χ4v) is 3.59. The smallest absolute Gasteiger partial charge is 0.278 e. The van der Waals surface area contributed by atoms with Crippen molar-refractivity contribution in [1.29, 1.82) is 0 Å². The summed E-state index contributed by atoms with van der Waals surface area (Å²) >= 11 is 0. The number of nitrogens with zero attached hydrogens (tertiary/aromatic N) is 3. The van der Waals surface area contributed by atoms with Crippen LogP contribution in [0, 0.1) is 0 Å². The van der Waals surface area contributed by atoms with E-state index in [2.05, 4.69) is 54.3 Å². The van der Waals surface area contributed by atoms with E-state index in [-0.39, 0.29) is 11.3 Å². The third-order valence-electron chi connectivity index (χ3n) is 5.25. The van der Waals surface area contributed by atoms with E-state index in [0.717, 1.165) is 24.2 Å². The van der Waals surface area contributed by atoms with E-state index in [4.69, 9.17) is 0 Å². The Morgan fingerprint density at radius 3 is 2.45 bits per heavy atom. The SMILES string of the molecule is CC(C)(C)c1ccc(Nc2cnc(C(=O)N3CCCc4ccccc43)cn2)cc1. The van der Waals surface area contributed by atoms with Crippen LogP contribution in [0.1, 0.15) is 48.8 Å². The summed E-state index contributed by atoms with van der Waals surface area (Å²) in [6.07, 6.45) is 5.12. The molecular formula is C24H26N4O. The van der Waals surface area contributed by atoms with Gasteiger partial charge in [0.05, 0.1) is 12.4 Å². The molecule has 4 rings (SSSR count). The molecule has 148 valence electrons. The first-order valence-electron chi connectivity index (χ1n) is 10.0. The van der Waals surface area contributed by atoms with Crippen molar-refractivity contribution in [1.82, 2.24) is 9.97 Å². The van der Waals surface area contributed by atoms with E-state index in [1.165, 1.54) is 11.1 Å². The number of amides is 1. The molecular weight excluding hydrogens is 360 g/mol. The van der Waals surface area contributed by atoms with E-state index in [1.807, 2.05) is 30.3 Å². The summed E-state index contributed by atoms with van der Waals surface area (Å²) in [4.78, 5) is 23.5. The van der Waals surface area contributed by atoms with Crippen molar-refractivity contribution in [2.75, 3.05) is 16.8 Å². The molecule has 0 atom stereocenters. The summed E-state index contributed by atoms with van der Waals surface area (Å²) in [6.45, 7) is 7.28. The standard InChI is InChI=1S/C24H26N4O/c1-24(2,3)18-10-12-19(13-11-18)27-22-16-25-20(15-26-22)23(29)28-14-6-8-17-7-4-5-9-21(17)28/h4-5,7,9-13,15-16H,6,8,14H2,1-3H3,(H,26,27). The average molecular weight is 386 g/mol. The predicted octanol–water partition coefficient (Wildman–Crippen LogP) is 5.11. The molecule has 3 aromatic rings. The van der Waals surface area contributed by atoms with Crippen molar-refractivity contribution in [3.8, 4) is 0 Å². The Balaban J connectivity index is 1.48. The third-order valence-corrected chi connectivity index (χ3v) is 5.25. The molecule has 1 aliphatic rings. The van der Waals surface area contributed by atoms with Crippen molar-refractivity contribution in [3.05, 3.63) is 77.7 Å². The fourth-order valence-electron chi connectivity index (χ4n) is 3.59.